The number of likely N-dealkylation sites (tertiary alicyclic amines) is 1. The first-order valence-electron chi connectivity index (χ1n) is 9.23. The number of carbonyl (C=O) groups is 1. The van der Waals surface area contributed by atoms with Gasteiger partial charge in [0.2, 0.25) is 0 Å². The predicted molar refractivity (Wildman–Crippen MR) is 107 cm³/mol. The standard InChI is InChI=1S/C21H26N2O3S/c1-15-7-9-19(10-8-15)22-27(25,26)20-6-4-5-18(12-20)21(24)23-13-16(2)11-17(3)14-23/h4-10,12,16-17,22H,11,13-14H2,1-3H3/t16-,17-/m1/s1. The summed E-state index contributed by atoms with van der Waals surface area (Å²) in [5.41, 5.74) is 1.95. The molecule has 5 nitrogen and oxygen atoms in total. The van der Waals surface area contributed by atoms with Crippen molar-refractivity contribution in [3.63, 3.8) is 0 Å². The lowest BCUT2D eigenvalue weighted by atomic mass is 9.91. The van der Waals surface area contributed by atoms with E-state index in [9.17, 15) is 13.2 Å². The number of aryl methyl sites for hydroxylation is 1. The predicted octanol–water partition coefficient (Wildman–Crippen LogP) is 3.91. The Morgan fingerprint density at radius 1 is 1.04 bits per heavy atom. The van der Waals surface area contributed by atoms with Crippen LogP contribution in [0.1, 0.15) is 36.2 Å². The number of rotatable bonds is 4. The van der Waals surface area contributed by atoms with Crippen LogP contribution >= 0.6 is 0 Å². The second-order valence-electron chi connectivity index (χ2n) is 7.66. The van der Waals surface area contributed by atoms with Crippen molar-refractivity contribution in [3.8, 4) is 0 Å². The number of amides is 1. The molecule has 0 aromatic heterocycles. The molecule has 144 valence electrons. The summed E-state index contributed by atoms with van der Waals surface area (Å²) >= 11 is 0. The molecule has 1 fully saturated rings. The average molecular weight is 387 g/mol. The average Bonchev–Trinajstić information content (AvgIpc) is 2.62. The fourth-order valence-electron chi connectivity index (χ4n) is 3.64. The van der Waals surface area contributed by atoms with Gasteiger partial charge in [0.25, 0.3) is 15.9 Å². The number of nitrogens with one attached hydrogen (secondary N) is 1. The molecular weight excluding hydrogens is 360 g/mol. The molecule has 2 atom stereocenters. The highest BCUT2D eigenvalue weighted by molar-refractivity contribution is 7.92. The molecule has 1 heterocycles. The van der Waals surface area contributed by atoms with E-state index in [4.69, 9.17) is 0 Å². The lowest BCUT2D eigenvalue weighted by molar-refractivity contribution is 0.0623. The Kier molecular flexibility index (Phi) is 5.56. The molecule has 27 heavy (non-hydrogen) atoms. The molecule has 0 aliphatic carbocycles. The van der Waals surface area contributed by atoms with Crippen LogP contribution in [0, 0.1) is 18.8 Å². The largest absolute Gasteiger partial charge is 0.338 e. The van der Waals surface area contributed by atoms with E-state index in [1.54, 1.807) is 24.3 Å². The maximum Gasteiger partial charge on any atom is 0.261 e. The Balaban J connectivity index is 1.82. The normalized spacial score (nSPS) is 20.3. The number of sulfonamides is 1. The van der Waals surface area contributed by atoms with Crippen molar-refractivity contribution >= 4 is 21.6 Å². The lowest BCUT2D eigenvalue weighted by Gasteiger charge is -2.35. The summed E-state index contributed by atoms with van der Waals surface area (Å²) in [4.78, 5) is 14.8. The molecule has 1 amide bonds. The zero-order valence-corrected chi connectivity index (χ0v) is 16.8. The maximum atomic E-state index is 12.9. The zero-order valence-electron chi connectivity index (χ0n) is 16.0. The lowest BCUT2D eigenvalue weighted by Crippen LogP contribution is -2.42. The molecule has 1 aliphatic heterocycles. The molecule has 3 rings (SSSR count). The van der Waals surface area contributed by atoms with Gasteiger partial charge >= 0.3 is 0 Å². The fourth-order valence-corrected chi connectivity index (χ4v) is 4.75. The van der Waals surface area contributed by atoms with Gasteiger partial charge < -0.3 is 4.90 Å². The Morgan fingerprint density at radius 2 is 1.67 bits per heavy atom. The van der Waals surface area contributed by atoms with Crippen LogP contribution < -0.4 is 4.72 Å². The van der Waals surface area contributed by atoms with Crippen molar-refractivity contribution in [2.45, 2.75) is 32.1 Å². The highest BCUT2D eigenvalue weighted by atomic mass is 32.2. The van der Waals surface area contributed by atoms with Gasteiger partial charge in [-0.1, -0.05) is 37.6 Å². The monoisotopic (exact) mass is 386 g/mol. The second-order valence-corrected chi connectivity index (χ2v) is 9.34. The van der Waals surface area contributed by atoms with Crippen LogP contribution in [0.2, 0.25) is 0 Å². The number of carbonyl (C=O) groups excluding carboxylic acids is 1. The topological polar surface area (TPSA) is 66.5 Å². The first-order chi connectivity index (χ1) is 12.7. The highest BCUT2D eigenvalue weighted by Gasteiger charge is 2.27. The summed E-state index contributed by atoms with van der Waals surface area (Å²) < 4.78 is 28.0. The van der Waals surface area contributed by atoms with Crippen LogP contribution in [-0.2, 0) is 10.0 Å². The number of hydrogen-bond donors (Lipinski definition) is 1. The van der Waals surface area contributed by atoms with Gasteiger partial charge in [0.15, 0.2) is 0 Å². The van der Waals surface area contributed by atoms with E-state index in [1.807, 2.05) is 24.0 Å². The van der Waals surface area contributed by atoms with E-state index in [0.29, 0.717) is 36.2 Å². The summed E-state index contributed by atoms with van der Waals surface area (Å²) in [6.07, 6.45) is 1.11. The minimum absolute atomic E-state index is 0.0898. The quantitative estimate of drug-likeness (QED) is 0.866. The van der Waals surface area contributed by atoms with Gasteiger partial charge in [-0.25, -0.2) is 8.42 Å². The van der Waals surface area contributed by atoms with Gasteiger partial charge in [-0.3, -0.25) is 9.52 Å². The van der Waals surface area contributed by atoms with E-state index in [-0.39, 0.29) is 10.8 Å². The third kappa shape index (κ3) is 4.69. The van der Waals surface area contributed by atoms with Gasteiger partial charge in [0.05, 0.1) is 4.90 Å². The number of benzene rings is 2. The Bertz CT molecular complexity index is 913. The summed E-state index contributed by atoms with van der Waals surface area (Å²) in [5.74, 6) is 0.793. The highest BCUT2D eigenvalue weighted by Crippen LogP contribution is 2.24. The SMILES string of the molecule is Cc1ccc(NS(=O)(=O)c2cccc(C(=O)N3C[C@H](C)C[C@@H](C)C3)c2)cc1. The summed E-state index contributed by atoms with van der Waals surface area (Å²) in [5, 5.41) is 0. The number of hydrogen-bond acceptors (Lipinski definition) is 3. The van der Waals surface area contributed by atoms with Crippen LogP contribution in [0.25, 0.3) is 0 Å². The minimum atomic E-state index is -3.76. The van der Waals surface area contributed by atoms with Crippen LogP contribution in [0.3, 0.4) is 0 Å². The van der Waals surface area contributed by atoms with E-state index < -0.39 is 10.0 Å². The minimum Gasteiger partial charge on any atom is -0.338 e. The van der Waals surface area contributed by atoms with Crippen molar-refractivity contribution in [1.82, 2.24) is 4.90 Å². The fraction of sp³-hybridized carbons (Fsp3) is 0.381. The number of nitrogens with zero attached hydrogens (tertiary/aromatic N) is 1. The van der Waals surface area contributed by atoms with E-state index in [0.717, 1.165) is 12.0 Å². The van der Waals surface area contributed by atoms with Gasteiger partial charge in [0.1, 0.15) is 0 Å². The van der Waals surface area contributed by atoms with Gasteiger partial charge in [-0.15, -0.1) is 0 Å². The van der Waals surface area contributed by atoms with Crippen molar-refractivity contribution < 1.29 is 13.2 Å². The smallest absolute Gasteiger partial charge is 0.261 e. The van der Waals surface area contributed by atoms with Crippen molar-refractivity contribution in [1.29, 1.82) is 0 Å². The Morgan fingerprint density at radius 3 is 2.30 bits per heavy atom. The molecule has 0 unspecified atom stereocenters. The molecule has 1 aliphatic rings. The van der Waals surface area contributed by atoms with Crippen molar-refractivity contribution in [3.05, 3.63) is 59.7 Å². The van der Waals surface area contributed by atoms with Gasteiger partial charge in [0, 0.05) is 24.3 Å². The van der Waals surface area contributed by atoms with Crippen molar-refractivity contribution in [2.24, 2.45) is 11.8 Å². The van der Waals surface area contributed by atoms with Crippen molar-refractivity contribution in [2.75, 3.05) is 17.8 Å². The summed E-state index contributed by atoms with van der Waals surface area (Å²) in [7, 11) is -3.76. The molecule has 2 aromatic rings. The third-order valence-corrected chi connectivity index (χ3v) is 6.23. The molecule has 6 heteroatoms. The molecule has 0 bridgehead atoms. The molecule has 0 spiro atoms. The number of piperidine rings is 1. The Labute approximate surface area is 161 Å². The van der Waals surface area contributed by atoms with Crippen LogP contribution in [0.15, 0.2) is 53.4 Å². The van der Waals surface area contributed by atoms with Crippen LogP contribution in [-0.4, -0.2) is 32.3 Å². The number of anilines is 1. The van der Waals surface area contributed by atoms with Gasteiger partial charge in [-0.05, 0) is 55.5 Å². The van der Waals surface area contributed by atoms with Gasteiger partial charge in [-0.2, -0.15) is 0 Å². The van der Waals surface area contributed by atoms with Crippen LogP contribution in [0.4, 0.5) is 5.69 Å². The molecule has 2 aromatic carbocycles. The summed E-state index contributed by atoms with van der Waals surface area (Å²) in [6.45, 7) is 7.64. The van der Waals surface area contributed by atoms with E-state index in [1.165, 1.54) is 12.1 Å². The molecule has 1 N–H and O–H groups in total. The zero-order chi connectivity index (χ0) is 19.6. The van der Waals surface area contributed by atoms with Crippen LogP contribution in [0.5, 0.6) is 0 Å². The molecule has 0 saturated carbocycles. The molecular formula is C21H26N2O3S. The molecule has 1 saturated heterocycles. The maximum absolute atomic E-state index is 12.9. The first kappa shape index (κ1) is 19.4. The molecule has 0 radical (unpaired) electrons. The van der Waals surface area contributed by atoms with E-state index >= 15 is 0 Å². The third-order valence-electron chi connectivity index (χ3n) is 4.85. The van der Waals surface area contributed by atoms with E-state index in [2.05, 4.69) is 18.6 Å². The Hall–Kier alpha value is -2.34. The first-order valence-corrected chi connectivity index (χ1v) is 10.7. The summed E-state index contributed by atoms with van der Waals surface area (Å²) in [6, 6.07) is 13.4. The second kappa shape index (κ2) is 7.72.